The van der Waals surface area contributed by atoms with Crippen molar-refractivity contribution in [2.45, 2.75) is 26.0 Å². The second-order valence-electron chi connectivity index (χ2n) is 3.13. The van der Waals surface area contributed by atoms with Crippen molar-refractivity contribution in [2.24, 2.45) is 5.73 Å². The first kappa shape index (κ1) is 11.6. The van der Waals surface area contributed by atoms with Gasteiger partial charge in [0.05, 0.1) is 11.0 Å². The van der Waals surface area contributed by atoms with E-state index in [4.69, 9.17) is 5.73 Å². The maximum atomic E-state index is 11.3. The van der Waals surface area contributed by atoms with Gasteiger partial charge in [-0.25, -0.2) is 8.42 Å². The number of rotatable bonds is 4. The Balaban J connectivity index is 4.29. The molecule has 0 atom stereocenters. The topological polar surface area (TPSA) is 60.2 Å². The van der Waals surface area contributed by atoms with Gasteiger partial charge in [0.2, 0.25) is 0 Å². The van der Waals surface area contributed by atoms with E-state index >= 15 is 0 Å². The van der Waals surface area contributed by atoms with Gasteiger partial charge in [0.25, 0.3) is 0 Å². The molecule has 0 rings (SSSR count). The predicted molar refractivity (Wildman–Crippen MR) is 51.7 cm³/mol. The molecule has 0 fully saturated rings. The van der Waals surface area contributed by atoms with Crippen LogP contribution in [0.15, 0.2) is 11.6 Å². The molecule has 2 N–H and O–H groups in total. The Hall–Kier alpha value is -0.350. The minimum absolute atomic E-state index is 0.105. The molecule has 0 heterocycles. The van der Waals surface area contributed by atoms with Crippen LogP contribution < -0.4 is 5.73 Å². The summed E-state index contributed by atoms with van der Waals surface area (Å²) < 4.78 is 22.5. The molecule has 0 saturated heterocycles. The van der Waals surface area contributed by atoms with Gasteiger partial charge in [-0.15, -0.1) is 0 Å². The molecule has 0 bridgehead atoms. The fourth-order valence-electron chi connectivity index (χ4n) is 0.534. The average molecular weight is 191 g/mol. The van der Waals surface area contributed by atoms with Gasteiger partial charge in [-0.05, 0) is 20.8 Å². The highest BCUT2D eigenvalue weighted by molar-refractivity contribution is 7.92. The van der Waals surface area contributed by atoms with Crippen LogP contribution in [-0.4, -0.2) is 26.0 Å². The van der Waals surface area contributed by atoms with Crippen molar-refractivity contribution in [1.29, 1.82) is 0 Å². The summed E-state index contributed by atoms with van der Waals surface area (Å²) in [5.74, 6) is 0.105. The molecule has 3 nitrogen and oxygen atoms in total. The normalized spacial score (nSPS) is 13.9. The average Bonchev–Trinajstić information content (AvgIpc) is 2.00. The molecule has 0 aliphatic heterocycles. The van der Waals surface area contributed by atoms with Gasteiger partial charge in [0.1, 0.15) is 0 Å². The minimum atomic E-state index is -2.94. The van der Waals surface area contributed by atoms with Gasteiger partial charge in [-0.1, -0.05) is 11.6 Å². The van der Waals surface area contributed by atoms with Gasteiger partial charge >= 0.3 is 0 Å². The van der Waals surface area contributed by atoms with E-state index in [1.807, 2.05) is 6.92 Å². The third kappa shape index (κ3) is 3.88. The van der Waals surface area contributed by atoms with Gasteiger partial charge < -0.3 is 5.73 Å². The van der Waals surface area contributed by atoms with Crippen LogP contribution >= 0.6 is 0 Å². The maximum Gasteiger partial charge on any atom is 0.156 e. The summed E-state index contributed by atoms with van der Waals surface area (Å²) in [6.45, 7) is 5.62. The van der Waals surface area contributed by atoms with Crippen molar-refractivity contribution in [1.82, 2.24) is 0 Å². The Morgan fingerprint density at radius 1 is 1.50 bits per heavy atom. The van der Waals surface area contributed by atoms with Crippen LogP contribution in [0.5, 0.6) is 0 Å². The highest BCUT2D eigenvalue weighted by Crippen LogP contribution is 2.02. The van der Waals surface area contributed by atoms with E-state index < -0.39 is 9.84 Å². The first-order chi connectivity index (χ1) is 5.40. The number of hydrogen-bond donors (Lipinski definition) is 1. The Bertz CT molecular complexity index is 252. The Morgan fingerprint density at radius 2 is 2.00 bits per heavy atom. The Morgan fingerprint density at radius 3 is 2.33 bits per heavy atom. The van der Waals surface area contributed by atoms with Gasteiger partial charge in [-0.3, -0.25) is 0 Å². The summed E-state index contributed by atoms with van der Waals surface area (Å²) in [6, 6.07) is 0. The van der Waals surface area contributed by atoms with Gasteiger partial charge in [0.15, 0.2) is 9.84 Å². The lowest BCUT2D eigenvalue weighted by molar-refractivity contribution is 0.590. The highest BCUT2D eigenvalue weighted by Gasteiger charge is 2.13. The van der Waals surface area contributed by atoms with Crippen molar-refractivity contribution >= 4 is 9.84 Å². The first-order valence-corrected chi connectivity index (χ1v) is 5.69. The highest BCUT2D eigenvalue weighted by atomic mass is 32.2. The summed E-state index contributed by atoms with van der Waals surface area (Å²) in [4.78, 5) is 0. The molecular weight excluding hydrogens is 174 g/mol. The molecule has 0 saturated carbocycles. The molecule has 4 heteroatoms. The van der Waals surface area contributed by atoms with Crippen LogP contribution in [0.4, 0.5) is 0 Å². The summed E-state index contributed by atoms with van der Waals surface area (Å²) >= 11 is 0. The number of nitrogens with two attached hydrogens (primary N) is 1. The lowest BCUT2D eigenvalue weighted by atomic mass is 10.3. The molecule has 0 aromatic heterocycles. The maximum absolute atomic E-state index is 11.3. The molecule has 12 heavy (non-hydrogen) atoms. The van der Waals surface area contributed by atoms with Crippen molar-refractivity contribution in [3.63, 3.8) is 0 Å². The molecule has 0 aliphatic rings. The van der Waals surface area contributed by atoms with E-state index in [0.717, 1.165) is 5.57 Å². The van der Waals surface area contributed by atoms with E-state index in [1.165, 1.54) is 0 Å². The Labute approximate surface area is 74.6 Å². The second-order valence-corrected chi connectivity index (χ2v) is 5.73. The molecule has 0 aromatic carbocycles. The van der Waals surface area contributed by atoms with Crippen molar-refractivity contribution < 1.29 is 8.42 Å². The van der Waals surface area contributed by atoms with E-state index in [1.54, 1.807) is 19.9 Å². The minimum Gasteiger partial charge on any atom is -0.327 e. The van der Waals surface area contributed by atoms with Crippen LogP contribution in [-0.2, 0) is 9.84 Å². The van der Waals surface area contributed by atoms with Crippen LogP contribution in [0.3, 0.4) is 0 Å². The van der Waals surface area contributed by atoms with Crippen molar-refractivity contribution in [3.8, 4) is 0 Å². The summed E-state index contributed by atoms with van der Waals surface area (Å²) in [5.41, 5.74) is 6.23. The van der Waals surface area contributed by atoms with E-state index in [2.05, 4.69) is 0 Å². The fourth-order valence-corrected chi connectivity index (χ4v) is 1.44. The lowest BCUT2D eigenvalue weighted by Gasteiger charge is -2.04. The molecule has 0 aromatic rings. The van der Waals surface area contributed by atoms with Gasteiger partial charge in [0, 0.05) is 6.54 Å². The molecule has 0 unspecified atom stereocenters. The number of hydrogen-bond acceptors (Lipinski definition) is 3. The second kappa shape index (κ2) is 4.62. The summed E-state index contributed by atoms with van der Waals surface area (Å²) in [6.07, 6.45) is 1.68. The zero-order valence-corrected chi connectivity index (χ0v) is 8.69. The van der Waals surface area contributed by atoms with E-state index in [-0.39, 0.29) is 11.0 Å². The molecular formula is C8H17NO2S. The molecule has 0 aliphatic carbocycles. The van der Waals surface area contributed by atoms with Gasteiger partial charge in [-0.2, -0.15) is 0 Å². The zero-order chi connectivity index (χ0) is 9.78. The standard InChI is InChI=1S/C8H17NO2S/c1-7(2)12(10,11)5-4-8(3)6-9/h4,7H,5-6,9H2,1-3H3/b8-4-. The largest absolute Gasteiger partial charge is 0.327 e. The van der Waals surface area contributed by atoms with Crippen LogP contribution in [0.25, 0.3) is 0 Å². The third-order valence-electron chi connectivity index (χ3n) is 1.70. The molecule has 0 spiro atoms. The lowest BCUT2D eigenvalue weighted by Crippen LogP contribution is -2.17. The third-order valence-corrected chi connectivity index (χ3v) is 3.77. The first-order valence-electron chi connectivity index (χ1n) is 3.97. The van der Waals surface area contributed by atoms with E-state index in [0.29, 0.717) is 6.54 Å². The molecule has 0 amide bonds. The van der Waals surface area contributed by atoms with Crippen LogP contribution in [0.1, 0.15) is 20.8 Å². The molecule has 0 radical (unpaired) electrons. The van der Waals surface area contributed by atoms with Crippen LogP contribution in [0, 0.1) is 0 Å². The number of sulfone groups is 1. The molecule has 72 valence electrons. The monoisotopic (exact) mass is 191 g/mol. The SMILES string of the molecule is C/C(=C/CS(=O)(=O)C(C)C)CN. The van der Waals surface area contributed by atoms with Crippen molar-refractivity contribution in [2.75, 3.05) is 12.3 Å². The summed E-state index contributed by atoms with van der Waals surface area (Å²) in [7, 11) is -2.94. The van der Waals surface area contributed by atoms with Crippen LogP contribution in [0.2, 0.25) is 0 Å². The van der Waals surface area contributed by atoms with Crippen molar-refractivity contribution in [3.05, 3.63) is 11.6 Å². The quantitative estimate of drug-likeness (QED) is 0.666. The predicted octanol–water partition coefficient (Wildman–Crippen LogP) is 0.715. The summed E-state index contributed by atoms with van der Waals surface area (Å²) in [5, 5.41) is -0.306. The zero-order valence-electron chi connectivity index (χ0n) is 7.87. The van der Waals surface area contributed by atoms with E-state index in [9.17, 15) is 8.42 Å². The smallest absolute Gasteiger partial charge is 0.156 e. The fraction of sp³-hybridized carbons (Fsp3) is 0.750. The Kier molecular flexibility index (Phi) is 4.49.